The molecule has 0 aromatic heterocycles. The first kappa shape index (κ1) is 25.9. The third-order valence-corrected chi connectivity index (χ3v) is 7.43. The van der Waals surface area contributed by atoms with Gasteiger partial charge in [-0.15, -0.1) is 11.8 Å². The summed E-state index contributed by atoms with van der Waals surface area (Å²) in [6.45, 7) is 3.36. The summed E-state index contributed by atoms with van der Waals surface area (Å²) < 4.78 is 10.5. The van der Waals surface area contributed by atoms with Crippen LogP contribution in [0.5, 0.6) is 0 Å². The molecule has 1 aliphatic heterocycles. The zero-order chi connectivity index (χ0) is 25.3. The molecule has 1 saturated heterocycles. The lowest BCUT2D eigenvalue weighted by atomic mass is 9.98. The molecule has 1 fully saturated rings. The molecular weight excluding hydrogens is 478 g/mol. The molecule has 9 heteroatoms. The second-order valence-corrected chi connectivity index (χ2v) is 9.88. The van der Waals surface area contributed by atoms with E-state index in [0.717, 1.165) is 5.75 Å². The van der Waals surface area contributed by atoms with Crippen molar-refractivity contribution in [1.82, 2.24) is 15.5 Å². The number of rotatable bonds is 10. The summed E-state index contributed by atoms with van der Waals surface area (Å²) in [6.07, 6.45) is 0.758. The van der Waals surface area contributed by atoms with Crippen LogP contribution in [0.2, 0.25) is 0 Å². The number of thioether (sulfide) groups is 1. The van der Waals surface area contributed by atoms with E-state index in [2.05, 4.69) is 34.9 Å². The molecule has 1 heterocycles. The normalized spacial score (nSPS) is 15.1. The van der Waals surface area contributed by atoms with Gasteiger partial charge in [-0.1, -0.05) is 48.5 Å². The zero-order valence-electron chi connectivity index (χ0n) is 20.5. The van der Waals surface area contributed by atoms with Gasteiger partial charge < -0.3 is 25.0 Å². The molecule has 2 aromatic carbocycles. The molecule has 36 heavy (non-hydrogen) atoms. The Hall–Kier alpha value is -3.20. The first-order chi connectivity index (χ1) is 17.6. The van der Waals surface area contributed by atoms with E-state index in [4.69, 9.17) is 9.47 Å². The third kappa shape index (κ3) is 6.32. The number of hydrogen-bond donors (Lipinski definition) is 2. The number of alkyl carbamates (subject to hydrolysis) is 2. The van der Waals surface area contributed by atoms with E-state index < -0.39 is 18.2 Å². The van der Waals surface area contributed by atoms with Gasteiger partial charge in [0.05, 0.1) is 12.5 Å². The van der Waals surface area contributed by atoms with Gasteiger partial charge in [-0.25, -0.2) is 9.59 Å². The number of hydrogen-bond acceptors (Lipinski definition) is 6. The van der Waals surface area contributed by atoms with Crippen LogP contribution >= 0.6 is 11.8 Å². The van der Waals surface area contributed by atoms with Crippen molar-refractivity contribution in [3.05, 3.63) is 59.7 Å². The van der Waals surface area contributed by atoms with Crippen LogP contribution in [-0.2, 0) is 14.3 Å². The molecule has 192 valence electrons. The highest BCUT2D eigenvalue weighted by Gasteiger charge is 2.29. The zero-order valence-corrected chi connectivity index (χ0v) is 21.4. The molecule has 1 aliphatic carbocycles. The number of carbonyl (C=O) groups is 3. The third-order valence-electron chi connectivity index (χ3n) is 6.46. The Kier molecular flexibility index (Phi) is 9.11. The molecule has 0 bridgehead atoms. The smallest absolute Gasteiger partial charge is 0.407 e. The summed E-state index contributed by atoms with van der Waals surface area (Å²) in [7, 11) is 0. The van der Waals surface area contributed by atoms with Crippen LogP contribution in [-0.4, -0.2) is 67.0 Å². The molecular formula is C27H33N3O5S. The number of amides is 3. The van der Waals surface area contributed by atoms with Crippen LogP contribution in [0.15, 0.2) is 48.5 Å². The molecule has 2 aliphatic rings. The second kappa shape index (κ2) is 12.7. The van der Waals surface area contributed by atoms with E-state index in [1.54, 1.807) is 23.6 Å². The molecule has 3 amide bonds. The summed E-state index contributed by atoms with van der Waals surface area (Å²) in [5.41, 5.74) is 4.73. The Labute approximate surface area is 216 Å². The molecule has 1 unspecified atom stereocenters. The Bertz CT molecular complexity index is 1030. The number of benzene rings is 2. The van der Waals surface area contributed by atoms with Crippen molar-refractivity contribution in [2.45, 2.75) is 38.1 Å². The van der Waals surface area contributed by atoms with Gasteiger partial charge in [0.25, 0.3) is 0 Å². The van der Waals surface area contributed by atoms with E-state index in [1.807, 2.05) is 24.3 Å². The molecule has 4 rings (SSSR count). The Morgan fingerprint density at radius 1 is 1.00 bits per heavy atom. The monoisotopic (exact) mass is 511 g/mol. The van der Waals surface area contributed by atoms with Gasteiger partial charge in [0.2, 0.25) is 5.91 Å². The molecule has 0 spiro atoms. The summed E-state index contributed by atoms with van der Waals surface area (Å²) >= 11 is 1.70. The number of ether oxygens (including phenoxy) is 2. The average molecular weight is 512 g/mol. The van der Waals surface area contributed by atoms with Crippen LogP contribution in [0.1, 0.15) is 43.2 Å². The van der Waals surface area contributed by atoms with Crippen molar-refractivity contribution in [1.29, 1.82) is 0 Å². The number of nitrogens with one attached hydrogen (secondary N) is 2. The highest BCUT2D eigenvalue weighted by molar-refractivity contribution is 7.99. The summed E-state index contributed by atoms with van der Waals surface area (Å²) in [6, 6.07) is 15.8. The molecule has 2 aromatic rings. The van der Waals surface area contributed by atoms with Crippen LogP contribution in [0.25, 0.3) is 11.1 Å². The predicted octanol–water partition coefficient (Wildman–Crippen LogP) is 4.34. The maximum Gasteiger partial charge on any atom is 0.407 e. The SMILES string of the molecule is CCOC(=O)NC(CCCCNC(=O)OCC1c2ccccc2-c2ccccc21)C(=O)N1CCSC1. The summed E-state index contributed by atoms with van der Waals surface area (Å²) in [5.74, 6) is 1.48. The van der Waals surface area contributed by atoms with E-state index in [1.165, 1.54) is 22.3 Å². The average Bonchev–Trinajstić information content (AvgIpc) is 3.53. The van der Waals surface area contributed by atoms with Crippen molar-refractivity contribution < 1.29 is 23.9 Å². The predicted molar refractivity (Wildman–Crippen MR) is 140 cm³/mol. The van der Waals surface area contributed by atoms with E-state index in [0.29, 0.717) is 38.2 Å². The van der Waals surface area contributed by atoms with Gasteiger partial charge in [-0.05, 0) is 48.4 Å². The fraction of sp³-hybridized carbons (Fsp3) is 0.444. The fourth-order valence-electron chi connectivity index (χ4n) is 4.69. The highest BCUT2D eigenvalue weighted by atomic mass is 32.2. The van der Waals surface area contributed by atoms with Crippen molar-refractivity contribution in [3.63, 3.8) is 0 Å². The minimum absolute atomic E-state index is 0.0209. The van der Waals surface area contributed by atoms with E-state index in [9.17, 15) is 14.4 Å². The van der Waals surface area contributed by atoms with Crippen LogP contribution in [0, 0.1) is 0 Å². The first-order valence-electron chi connectivity index (χ1n) is 12.5. The molecule has 1 atom stereocenters. The van der Waals surface area contributed by atoms with Crippen molar-refractivity contribution in [2.24, 2.45) is 0 Å². The van der Waals surface area contributed by atoms with Crippen molar-refractivity contribution in [2.75, 3.05) is 37.9 Å². The molecule has 0 radical (unpaired) electrons. The van der Waals surface area contributed by atoms with Crippen molar-refractivity contribution in [3.8, 4) is 11.1 Å². The number of carbonyl (C=O) groups excluding carboxylic acids is 3. The minimum Gasteiger partial charge on any atom is -0.450 e. The number of unbranched alkanes of at least 4 members (excludes halogenated alkanes) is 1. The largest absolute Gasteiger partial charge is 0.450 e. The Balaban J connectivity index is 1.21. The van der Waals surface area contributed by atoms with Crippen LogP contribution in [0.3, 0.4) is 0 Å². The quantitative estimate of drug-likeness (QED) is 0.461. The number of nitrogens with zero attached hydrogens (tertiary/aromatic N) is 1. The summed E-state index contributed by atoms with van der Waals surface area (Å²) in [4.78, 5) is 38.8. The van der Waals surface area contributed by atoms with E-state index in [-0.39, 0.29) is 25.0 Å². The van der Waals surface area contributed by atoms with Gasteiger partial charge >= 0.3 is 12.2 Å². The lowest BCUT2D eigenvalue weighted by Gasteiger charge is -2.23. The van der Waals surface area contributed by atoms with Crippen LogP contribution < -0.4 is 10.6 Å². The Morgan fingerprint density at radius 2 is 1.69 bits per heavy atom. The first-order valence-corrected chi connectivity index (χ1v) is 13.6. The standard InChI is InChI=1S/C27H33N3O5S/c1-2-34-27(33)29-24(25(31)30-15-16-36-18-30)13-7-8-14-28-26(32)35-17-23-21-11-5-3-9-19(21)20-10-4-6-12-22(20)23/h3-6,9-12,23-24H,2,7-8,13-18H2,1H3,(H,28,32)(H,29,33). The molecule has 2 N–H and O–H groups in total. The number of fused-ring (bicyclic) bond motifs is 3. The van der Waals surface area contributed by atoms with Crippen LogP contribution in [0.4, 0.5) is 9.59 Å². The second-order valence-electron chi connectivity index (χ2n) is 8.80. The maximum atomic E-state index is 12.8. The molecule has 8 nitrogen and oxygen atoms in total. The minimum atomic E-state index is -0.628. The van der Waals surface area contributed by atoms with Gasteiger partial charge in [0, 0.05) is 24.8 Å². The lowest BCUT2D eigenvalue weighted by Crippen LogP contribution is -2.48. The van der Waals surface area contributed by atoms with Gasteiger partial charge in [-0.3, -0.25) is 4.79 Å². The van der Waals surface area contributed by atoms with Gasteiger partial charge in [0.15, 0.2) is 0 Å². The summed E-state index contributed by atoms with van der Waals surface area (Å²) in [5, 5.41) is 5.49. The lowest BCUT2D eigenvalue weighted by molar-refractivity contribution is -0.132. The Morgan fingerprint density at radius 3 is 2.33 bits per heavy atom. The highest BCUT2D eigenvalue weighted by Crippen LogP contribution is 2.44. The maximum absolute atomic E-state index is 12.8. The van der Waals surface area contributed by atoms with Gasteiger partial charge in [-0.2, -0.15) is 0 Å². The topological polar surface area (TPSA) is 97.0 Å². The fourth-order valence-corrected chi connectivity index (χ4v) is 5.65. The molecule has 0 saturated carbocycles. The van der Waals surface area contributed by atoms with Crippen molar-refractivity contribution >= 4 is 29.9 Å². The van der Waals surface area contributed by atoms with Gasteiger partial charge in [0.1, 0.15) is 12.6 Å². The van der Waals surface area contributed by atoms with E-state index >= 15 is 0 Å².